The van der Waals surface area contributed by atoms with Crippen LogP contribution in [0.1, 0.15) is 40.3 Å². The van der Waals surface area contributed by atoms with Crippen LogP contribution in [0, 0.1) is 41.5 Å². The van der Waals surface area contributed by atoms with Crippen molar-refractivity contribution >= 4 is 23.5 Å². The number of benzene rings is 3. The first-order chi connectivity index (χ1) is 13.7. The van der Waals surface area contributed by atoms with Gasteiger partial charge in [-0.05, 0) is 83.7 Å². The lowest BCUT2D eigenvalue weighted by Gasteiger charge is -2.35. The Balaban J connectivity index is 2.32. The summed E-state index contributed by atoms with van der Waals surface area (Å²) < 4.78 is 0. The van der Waals surface area contributed by atoms with Gasteiger partial charge in [-0.2, -0.15) is 0 Å². The summed E-state index contributed by atoms with van der Waals surface area (Å²) >= 11 is 0. The Morgan fingerprint density at radius 3 is 1.41 bits per heavy atom. The molecule has 3 aromatic rings. The third-order valence-electron chi connectivity index (χ3n) is 5.86. The zero-order valence-corrected chi connectivity index (χ0v) is 18.8. The van der Waals surface area contributed by atoms with Gasteiger partial charge in [0.2, 0.25) is 0 Å². The van der Waals surface area contributed by atoms with Gasteiger partial charge in [0, 0.05) is 12.2 Å². The minimum atomic E-state index is 0.116. The van der Waals surface area contributed by atoms with Gasteiger partial charge in [-0.15, -0.1) is 0 Å². The van der Waals surface area contributed by atoms with Crippen molar-refractivity contribution in [2.24, 2.45) is 0 Å². The van der Waals surface area contributed by atoms with Crippen molar-refractivity contribution in [1.29, 1.82) is 0 Å². The molecule has 3 aromatic carbocycles. The van der Waals surface area contributed by atoms with E-state index in [1.807, 2.05) is 12.1 Å². The van der Waals surface area contributed by atoms with Gasteiger partial charge in [-0.25, -0.2) is 0 Å². The number of nitrogens with zero attached hydrogens (tertiary/aromatic N) is 1. The van der Waals surface area contributed by atoms with E-state index in [0.29, 0.717) is 5.75 Å². The van der Waals surface area contributed by atoms with Gasteiger partial charge in [0.1, 0.15) is 5.75 Å². The molecule has 0 saturated heterocycles. The Hall–Kier alpha value is -2.68. The van der Waals surface area contributed by atoms with Gasteiger partial charge in [0.25, 0.3) is 0 Å². The lowest BCUT2D eigenvalue weighted by molar-refractivity contribution is 0.475. The lowest BCUT2D eigenvalue weighted by Crippen LogP contribution is -2.60. The summed E-state index contributed by atoms with van der Waals surface area (Å²) in [4.78, 5) is 2.45. The standard InChI is InChI=1S/C26H32BNO/c1-8-28(23-9-11-24(29)12-10-23)27(25-19(4)13-17(2)14-20(25)5)26-21(6)15-18(3)16-22(26)7/h9-16,29H,8H2,1-7H3. The van der Waals surface area contributed by atoms with Crippen molar-refractivity contribution in [3.05, 3.63) is 81.9 Å². The summed E-state index contributed by atoms with van der Waals surface area (Å²) in [6.45, 7) is 16.4. The van der Waals surface area contributed by atoms with Crippen LogP contribution >= 0.6 is 0 Å². The van der Waals surface area contributed by atoms with Gasteiger partial charge in [0.05, 0.1) is 0 Å². The van der Waals surface area contributed by atoms with Crippen LogP contribution in [0.15, 0.2) is 48.5 Å². The molecule has 150 valence electrons. The summed E-state index contributed by atoms with van der Waals surface area (Å²) in [6.07, 6.45) is 0. The highest BCUT2D eigenvalue weighted by Gasteiger charge is 2.32. The Labute approximate surface area is 176 Å². The smallest absolute Gasteiger partial charge is 0.324 e. The first kappa shape index (κ1) is 21.0. The number of rotatable bonds is 5. The number of aryl methyl sites for hydroxylation is 6. The molecule has 0 fully saturated rings. The Kier molecular flexibility index (Phi) is 6.07. The summed E-state index contributed by atoms with van der Waals surface area (Å²) in [5.74, 6) is 0.298. The number of anilines is 1. The summed E-state index contributed by atoms with van der Waals surface area (Å²) in [7, 11) is 0. The van der Waals surface area contributed by atoms with Gasteiger partial charge >= 0.3 is 6.85 Å². The predicted molar refractivity (Wildman–Crippen MR) is 127 cm³/mol. The van der Waals surface area contributed by atoms with E-state index in [1.165, 1.54) is 44.3 Å². The van der Waals surface area contributed by atoms with Crippen molar-refractivity contribution in [1.82, 2.24) is 0 Å². The molecule has 3 heteroatoms. The normalized spacial score (nSPS) is 10.9. The first-order valence-electron chi connectivity index (χ1n) is 10.4. The van der Waals surface area contributed by atoms with Crippen molar-refractivity contribution in [2.45, 2.75) is 48.5 Å². The molecule has 0 radical (unpaired) electrons. The maximum absolute atomic E-state index is 9.80. The molecule has 29 heavy (non-hydrogen) atoms. The van der Waals surface area contributed by atoms with E-state index in [2.05, 4.69) is 77.5 Å². The molecule has 2 nitrogen and oxygen atoms in total. The molecule has 0 spiro atoms. The van der Waals surface area contributed by atoms with E-state index in [-0.39, 0.29) is 6.85 Å². The minimum Gasteiger partial charge on any atom is -0.508 e. The Morgan fingerprint density at radius 1 is 0.690 bits per heavy atom. The molecule has 0 amide bonds. The largest absolute Gasteiger partial charge is 0.508 e. The number of phenolic OH excluding ortho intramolecular Hbond substituents is 1. The van der Waals surface area contributed by atoms with Crippen LogP contribution in [0.25, 0.3) is 0 Å². The van der Waals surface area contributed by atoms with E-state index < -0.39 is 0 Å². The molecule has 3 rings (SSSR count). The van der Waals surface area contributed by atoms with Crippen LogP contribution in [0.3, 0.4) is 0 Å². The molecule has 0 unspecified atom stereocenters. The highest BCUT2D eigenvalue weighted by molar-refractivity contribution is 6.89. The molecule has 1 N–H and O–H groups in total. The molecule has 0 bridgehead atoms. The summed E-state index contributed by atoms with van der Waals surface area (Å²) in [5, 5.41) is 9.80. The lowest BCUT2D eigenvalue weighted by atomic mass is 9.45. The minimum absolute atomic E-state index is 0.116. The fraction of sp³-hybridized carbons (Fsp3) is 0.308. The number of aromatic hydroxyl groups is 1. The van der Waals surface area contributed by atoms with E-state index in [0.717, 1.165) is 12.2 Å². The van der Waals surface area contributed by atoms with Crippen LogP contribution in [0.2, 0.25) is 0 Å². The second kappa shape index (κ2) is 8.36. The summed E-state index contributed by atoms with van der Waals surface area (Å²) in [5.41, 5.74) is 11.8. The Bertz CT molecular complexity index is 920. The van der Waals surface area contributed by atoms with Gasteiger partial charge in [-0.3, -0.25) is 0 Å². The molecular formula is C26H32BNO. The number of phenols is 1. The fourth-order valence-corrected chi connectivity index (χ4v) is 4.86. The van der Waals surface area contributed by atoms with Crippen LogP contribution in [0.4, 0.5) is 5.69 Å². The van der Waals surface area contributed by atoms with E-state index in [4.69, 9.17) is 0 Å². The van der Waals surface area contributed by atoms with Crippen molar-refractivity contribution in [3.63, 3.8) is 0 Å². The first-order valence-corrected chi connectivity index (χ1v) is 10.4. The van der Waals surface area contributed by atoms with Crippen LogP contribution in [-0.4, -0.2) is 18.5 Å². The molecule has 0 aromatic heterocycles. The maximum Gasteiger partial charge on any atom is 0.324 e. The van der Waals surface area contributed by atoms with Crippen LogP contribution in [-0.2, 0) is 0 Å². The van der Waals surface area contributed by atoms with Gasteiger partial charge in [-0.1, -0.05) is 57.6 Å². The third kappa shape index (κ3) is 4.19. The highest BCUT2D eigenvalue weighted by atomic mass is 16.3. The summed E-state index contributed by atoms with van der Waals surface area (Å²) in [6, 6.07) is 16.8. The maximum atomic E-state index is 9.80. The zero-order valence-electron chi connectivity index (χ0n) is 18.8. The SMILES string of the molecule is CCN(B(c1c(C)cc(C)cc1C)c1c(C)cc(C)cc1C)c1ccc(O)cc1. The fourth-order valence-electron chi connectivity index (χ4n) is 4.86. The molecule has 0 saturated carbocycles. The van der Waals surface area contributed by atoms with Gasteiger partial charge < -0.3 is 9.92 Å². The average molecular weight is 385 g/mol. The number of hydrogen-bond acceptors (Lipinski definition) is 2. The molecular weight excluding hydrogens is 353 g/mol. The molecule has 0 heterocycles. The molecule has 0 aliphatic rings. The average Bonchev–Trinajstić information content (AvgIpc) is 2.61. The zero-order chi connectivity index (χ0) is 21.3. The molecule has 0 atom stereocenters. The van der Waals surface area contributed by atoms with E-state index >= 15 is 0 Å². The van der Waals surface area contributed by atoms with Crippen molar-refractivity contribution in [2.75, 3.05) is 11.4 Å². The Morgan fingerprint density at radius 2 is 1.07 bits per heavy atom. The second-order valence-corrected chi connectivity index (χ2v) is 8.33. The third-order valence-corrected chi connectivity index (χ3v) is 5.86. The van der Waals surface area contributed by atoms with Crippen LogP contribution < -0.4 is 15.7 Å². The number of hydrogen-bond donors (Lipinski definition) is 1. The predicted octanol–water partition coefficient (Wildman–Crippen LogP) is 4.87. The van der Waals surface area contributed by atoms with Gasteiger partial charge in [0.15, 0.2) is 0 Å². The monoisotopic (exact) mass is 385 g/mol. The highest BCUT2D eigenvalue weighted by Crippen LogP contribution is 2.22. The topological polar surface area (TPSA) is 23.5 Å². The van der Waals surface area contributed by atoms with Crippen LogP contribution in [0.5, 0.6) is 5.75 Å². The van der Waals surface area contributed by atoms with E-state index in [1.54, 1.807) is 12.1 Å². The quantitative estimate of drug-likeness (QED) is 0.633. The molecule has 0 aliphatic heterocycles. The molecule has 0 aliphatic carbocycles. The second-order valence-electron chi connectivity index (χ2n) is 8.33. The van der Waals surface area contributed by atoms with E-state index in [9.17, 15) is 5.11 Å². The van der Waals surface area contributed by atoms with Crippen molar-refractivity contribution in [3.8, 4) is 5.75 Å². The van der Waals surface area contributed by atoms with Crippen molar-refractivity contribution < 1.29 is 5.11 Å².